The third-order valence-electron chi connectivity index (χ3n) is 7.33. The van der Waals surface area contributed by atoms with Crippen LogP contribution in [-0.2, 0) is 9.53 Å². The van der Waals surface area contributed by atoms with Crippen molar-refractivity contribution in [3.8, 4) is 0 Å². The van der Waals surface area contributed by atoms with Crippen LogP contribution in [0.25, 0.3) is 0 Å². The quantitative estimate of drug-likeness (QED) is 0.450. The molecule has 9 heteroatoms. The lowest BCUT2D eigenvalue weighted by atomic mass is 9.72. The Bertz CT molecular complexity index is 1100. The van der Waals surface area contributed by atoms with Crippen molar-refractivity contribution in [2.24, 2.45) is 11.8 Å². The maximum Gasteiger partial charge on any atom is 0.407 e. The number of benzene rings is 2. The van der Waals surface area contributed by atoms with E-state index in [9.17, 15) is 19.5 Å². The summed E-state index contributed by atoms with van der Waals surface area (Å²) in [5.41, 5.74) is 1.59. The van der Waals surface area contributed by atoms with E-state index in [0.29, 0.717) is 36.2 Å². The van der Waals surface area contributed by atoms with Crippen molar-refractivity contribution >= 4 is 36.1 Å². The van der Waals surface area contributed by atoms with Crippen LogP contribution < -0.4 is 10.6 Å². The highest BCUT2D eigenvalue weighted by Gasteiger charge is 2.39. The fraction of sp³-hybridized carbons (Fsp3) is 0.483. The topological polar surface area (TPSA) is 108 Å². The molecule has 38 heavy (non-hydrogen) atoms. The Balaban J connectivity index is 0.00000400. The molecular weight excluding hydrogens is 506 g/mol. The van der Waals surface area contributed by atoms with Crippen LogP contribution in [-0.4, -0.2) is 59.3 Å². The molecule has 2 aromatic rings. The van der Waals surface area contributed by atoms with E-state index >= 15 is 0 Å². The molecule has 206 valence electrons. The molecule has 2 heterocycles. The number of carboxylic acid groups (broad SMARTS) is 1. The van der Waals surface area contributed by atoms with Gasteiger partial charge in [-0.05, 0) is 88.2 Å². The maximum absolute atomic E-state index is 13.4. The van der Waals surface area contributed by atoms with Crippen LogP contribution in [0.2, 0.25) is 0 Å². The second-order valence-corrected chi connectivity index (χ2v) is 11.1. The van der Waals surface area contributed by atoms with E-state index in [1.54, 1.807) is 24.3 Å². The van der Waals surface area contributed by atoms with Gasteiger partial charge in [0.15, 0.2) is 0 Å². The average molecular weight is 544 g/mol. The number of hydrogen-bond acceptors (Lipinski definition) is 5. The van der Waals surface area contributed by atoms with Crippen molar-refractivity contribution < 1.29 is 24.2 Å². The van der Waals surface area contributed by atoms with E-state index in [1.165, 1.54) is 4.90 Å². The molecule has 2 aliphatic rings. The highest BCUT2D eigenvalue weighted by molar-refractivity contribution is 5.96. The predicted octanol–water partition coefficient (Wildman–Crippen LogP) is 5.15. The van der Waals surface area contributed by atoms with Gasteiger partial charge in [0.2, 0.25) is 5.91 Å². The van der Waals surface area contributed by atoms with Crippen LogP contribution in [0.3, 0.4) is 0 Å². The molecule has 0 radical (unpaired) electrons. The molecule has 2 saturated heterocycles. The van der Waals surface area contributed by atoms with Gasteiger partial charge in [-0.3, -0.25) is 4.79 Å². The first-order valence-corrected chi connectivity index (χ1v) is 13.0. The van der Waals surface area contributed by atoms with Gasteiger partial charge in [0.25, 0.3) is 0 Å². The second-order valence-electron chi connectivity index (χ2n) is 11.1. The van der Waals surface area contributed by atoms with Crippen LogP contribution in [0, 0.1) is 11.8 Å². The molecule has 3 atom stereocenters. The van der Waals surface area contributed by atoms with E-state index in [2.05, 4.69) is 22.8 Å². The molecule has 2 aromatic carbocycles. The summed E-state index contributed by atoms with van der Waals surface area (Å²) >= 11 is 0. The van der Waals surface area contributed by atoms with Gasteiger partial charge in [0.1, 0.15) is 5.60 Å². The Morgan fingerprint density at radius 1 is 0.974 bits per heavy atom. The van der Waals surface area contributed by atoms with E-state index < -0.39 is 23.7 Å². The summed E-state index contributed by atoms with van der Waals surface area (Å²) in [6.45, 7) is 7.32. The Labute approximate surface area is 230 Å². The Morgan fingerprint density at radius 2 is 1.61 bits per heavy atom. The first kappa shape index (κ1) is 29.5. The van der Waals surface area contributed by atoms with E-state index in [0.717, 1.165) is 31.4 Å². The zero-order valence-corrected chi connectivity index (χ0v) is 23.0. The van der Waals surface area contributed by atoms with Gasteiger partial charge in [-0.15, -0.1) is 12.4 Å². The molecule has 2 amide bonds. The molecule has 3 unspecified atom stereocenters. The van der Waals surface area contributed by atoms with Crippen LogP contribution in [0.1, 0.15) is 61.9 Å². The van der Waals surface area contributed by atoms with Gasteiger partial charge >= 0.3 is 12.1 Å². The number of anilines is 1. The van der Waals surface area contributed by atoms with Gasteiger partial charge in [-0.25, -0.2) is 9.59 Å². The largest absolute Gasteiger partial charge is 0.465 e. The molecule has 3 N–H and O–H groups in total. The Kier molecular flexibility index (Phi) is 9.79. The predicted molar refractivity (Wildman–Crippen MR) is 149 cm³/mol. The SMILES string of the molecule is CC(C)(C)OC(=O)c1ccc(NC(=O)C2NCC(C3CCN(C(=O)O)CC3)CC2c2ccccc2)cc1.Cl. The fourth-order valence-corrected chi connectivity index (χ4v) is 5.44. The highest BCUT2D eigenvalue weighted by atomic mass is 35.5. The van der Waals surface area contributed by atoms with Gasteiger partial charge in [-0.1, -0.05) is 30.3 Å². The number of likely N-dealkylation sites (tertiary alicyclic amines) is 1. The third-order valence-corrected chi connectivity index (χ3v) is 7.33. The number of halogens is 1. The molecule has 2 aliphatic heterocycles. The molecule has 0 saturated carbocycles. The minimum absolute atomic E-state index is 0. The van der Waals surface area contributed by atoms with E-state index in [-0.39, 0.29) is 24.2 Å². The van der Waals surface area contributed by atoms with E-state index in [1.807, 2.05) is 39.0 Å². The molecule has 0 bridgehead atoms. The number of carbonyl (C=O) groups is 3. The summed E-state index contributed by atoms with van der Waals surface area (Å²) in [6, 6.07) is 16.5. The lowest BCUT2D eigenvalue weighted by Crippen LogP contribution is -2.53. The number of esters is 1. The minimum atomic E-state index is -0.849. The van der Waals surface area contributed by atoms with Crippen molar-refractivity contribution in [3.05, 3.63) is 65.7 Å². The van der Waals surface area contributed by atoms with Gasteiger partial charge in [0.05, 0.1) is 11.6 Å². The number of amides is 2. The molecular formula is C29H38ClN3O5. The summed E-state index contributed by atoms with van der Waals surface area (Å²) in [5.74, 6) is 0.289. The Hall–Kier alpha value is -3.10. The van der Waals surface area contributed by atoms with Crippen LogP contribution in [0.5, 0.6) is 0 Å². The number of nitrogens with zero attached hydrogens (tertiary/aromatic N) is 1. The first-order valence-electron chi connectivity index (χ1n) is 13.0. The van der Waals surface area contributed by atoms with Gasteiger partial charge in [-0.2, -0.15) is 0 Å². The number of nitrogens with one attached hydrogen (secondary N) is 2. The summed E-state index contributed by atoms with van der Waals surface area (Å²) < 4.78 is 5.41. The summed E-state index contributed by atoms with van der Waals surface area (Å²) in [5, 5.41) is 15.8. The molecule has 2 fully saturated rings. The summed E-state index contributed by atoms with van der Waals surface area (Å²) in [4.78, 5) is 38.5. The van der Waals surface area contributed by atoms with Gasteiger partial charge in [0, 0.05) is 24.7 Å². The van der Waals surface area contributed by atoms with Crippen LogP contribution in [0.4, 0.5) is 10.5 Å². The van der Waals surface area contributed by atoms with Crippen LogP contribution in [0.15, 0.2) is 54.6 Å². The summed E-state index contributed by atoms with van der Waals surface area (Å²) in [6.07, 6.45) is 1.71. The molecule has 0 aromatic heterocycles. The number of ether oxygens (including phenoxy) is 1. The van der Waals surface area contributed by atoms with Crippen molar-refractivity contribution in [3.63, 3.8) is 0 Å². The monoisotopic (exact) mass is 543 g/mol. The van der Waals surface area contributed by atoms with Crippen molar-refractivity contribution in [2.45, 2.75) is 57.6 Å². The van der Waals surface area contributed by atoms with Crippen molar-refractivity contribution in [1.29, 1.82) is 0 Å². The second kappa shape index (κ2) is 12.6. The Morgan fingerprint density at radius 3 is 2.18 bits per heavy atom. The summed E-state index contributed by atoms with van der Waals surface area (Å²) in [7, 11) is 0. The van der Waals surface area contributed by atoms with Gasteiger partial charge < -0.3 is 25.4 Å². The molecule has 0 aliphatic carbocycles. The van der Waals surface area contributed by atoms with Crippen LogP contribution >= 0.6 is 12.4 Å². The first-order chi connectivity index (χ1) is 17.6. The number of hydrogen-bond donors (Lipinski definition) is 3. The minimum Gasteiger partial charge on any atom is -0.465 e. The fourth-order valence-electron chi connectivity index (χ4n) is 5.44. The standard InChI is InChI=1S/C29H37N3O5.ClH/c1-29(2,3)37-27(34)21-9-11-23(12-10-21)31-26(33)25-24(20-7-5-4-6-8-20)17-22(18-30-25)19-13-15-32(16-14-19)28(35)36;/h4-12,19,22,24-25,30H,13-18H2,1-3H3,(H,31,33)(H,35,36);1H. The highest BCUT2D eigenvalue weighted by Crippen LogP contribution is 2.38. The third kappa shape index (κ3) is 7.48. The lowest BCUT2D eigenvalue weighted by molar-refractivity contribution is -0.119. The number of rotatable bonds is 5. The molecule has 8 nitrogen and oxygen atoms in total. The maximum atomic E-state index is 13.4. The zero-order chi connectivity index (χ0) is 26.6. The lowest BCUT2D eigenvalue weighted by Gasteiger charge is -2.42. The van der Waals surface area contributed by atoms with E-state index in [4.69, 9.17) is 4.74 Å². The number of piperidine rings is 2. The molecule has 4 rings (SSSR count). The normalized spacial score (nSPS) is 22.2. The van der Waals surface area contributed by atoms with Crippen molar-refractivity contribution in [2.75, 3.05) is 25.0 Å². The zero-order valence-electron chi connectivity index (χ0n) is 22.2. The smallest absolute Gasteiger partial charge is 0.407 e. The number of carbonyl (C=O) groups excluding carboxylic acids is 2. The van der Waals surface area contributed by atoms with Crippen molar-refractivity contribution in [1.82, 2.24) is 10.2 Å². The average Bonchev–Trinajstić information content (AvgIpc) is 2.88. The molecule has 0 spiro atoms.